The van der Waals surface area contributed by atoms with Crippen LogP contribution in [0.1, 0.15) is 25.3 Å². The average molecular weight is 354 g/mol. The molecule has 1 aromatic rings. The number of hydrogen-bond donors (Lipinski definition) is 2. The lowest BCUT2D eigenvalue weighted by Gasteiger charge is -2.17. The zero-order valence-electron chi connectivity index (χ0n) is 13.3. The molecule has 0 radical (unpaired) electrons. The lowest BCUT2D eigenvalue weighted by Crippen LogP contribution is -2.33. The predicted octanol–water partition coefficient (Wildman–Crippen LogP) is 1.54. The van der Waals surface area contributed by atoms with E-state index < -0.39 is 40.8 Å². The summed E-state index contributed by atoms with van der Waals surface area (Å²) in [5, 5.41) is 11.7. The molecule has 0 bridgehead atoms. The summed E-state index contributed by atoms with van der Waals surface area (Å²) in [6.07, 6.45) is -1.10. The molecule has 134 valence electrons. The third-order valence-electron chi connectivity index (χ3n) is 4.43. The Labute approximate surface area is 141 Å². The van der Waals surface area contributed by atoms with Gasteiger partial charge in [-0.25, -0.2) is 13.6 Å². The van der Waals surface area contributed by atoms with Crippen molar-refractivity contribution in [3.63, 3.8) is 0 Å². The van der Waals surface area contributed by atoms with Crippen molar-refractivity contribution in [3.05, 3.63) is 29.3 Å². The van der Waals surface area contributed by atoms with Crippen molar-refractivity contribution in [2.75, 3.05) is 18.0 Å². The van der Waals surface area contributed by atoms with Gasteiger partial charge in [0.1, 0.15) is 17.7 Å². The van der Waals surface area contributed by atoms with Gasteiger partial charge in [-0.1, -0.05) is 0 Å². The van der Waals surface area contributed by atoms with Gasteiger partial charge in [-0.2, -0.15) is 0 Å². The second-order valence-electron chi connectivity index (χ2n) is 6.23. The number of carbonyl (C=O) groups excluding carboxylic acids is 2. The minimum absolute atomic E-state index is 0.0153. The first-order valence-corrected chi connectivity index (χ1v) is 7.70. The van der Waals surface area contributed by atoms with Gasteiger partial charge >= 0.3 is 12.1 Å². The molecule has 1 atom stereocenters. The number of cyclic esters (lactones) is 1. The van der Waals surface area contributed by atoms with E-state index in [2.05, 4.69) is 5.32 Å². The molecule has 0 spiro atoms. The van der Waals surface area contributed by atoms with Crippen LogP contribution in [0.4, 0.5) is 19.3 Å². The zero-order valence-corrected chi connectivity index (χ0v) is 13.3. The van der Waals surface area contributed by atoms with E-state index in [1.807, 2.05) is 0 Å². The summed E-state index contributed by atoms with van der Waals surface area (Å²) >= 11 is 0. The van der Waals surface area contributed by atoms with Gasteiger partial charge in [-0.15, -0.1) is 0 Å². The Morgan fingerprint density at radius 1 is 1.36 bits per heavy atom. The molecule has 2 amide bonds. The molecule has 7 nitrogen and oxygen atoms in total. The van der Waals surface area contributed by atoms with E-state index in [0.29, 0.717) is 0 Å². The molecule has 1 aromatic carbocycles. The fourth-order valence-electron chi connectivity index (χ4n) is 2.96. The van der Waals surface area contributed by atoms with Gasteiger partial charge < -0.3 is 15.2 Å². The number of carboxylic acids is 1. The normalized spacial score (nSPS) is 21.0. The van der Waals surface area contributed by atoms with Crippen molar-refractivity contribution in [1.82, 2.24) is 5.32 Å². The van der Waals surface area contributed by atoms with E-state index in [9.17, 15) is 28.3 Å². The Morgan fingerprint density at radius 2 is 1.96 bits per heavy atom. The SMILES string of the molecule is CC(=O)NC[C@H]1CN(c2cc(F)c(C3(C(=O)O)CC3)c(F)c2)C(=O)O1. The van der Waals surface area contributed by atoms with Gasteiger partial charge in [0.25, 0.3) is 0 Å². The number of rotatable bonds is 5. The lowest BCUT2D eigenvalue weighted by molar-refractivity contribution is -0.140. The summed E-state index contributed by atoms with van der Waals surface area (Å²) < 4.78 is 33.8. The van der Waals surface area contributed by atoms with Crippen LogP contribution in [0.15, 0.2) is 12.1 Å². The number of halogens is 2. The molecule has 9 heteroatoms. The number of amides is 2. The molecule has 1 heterocycles. The number of aliphatic carboxylic acids is 1. The third kappa shape index (κ3) is 3.01. The summed E-state index contributed by atoms with van der Waals surface area (Å²) in [6.45, 7) is 1.42. The van der Waals surface area contributed by atoms with Crippen LogP contribution in [0.25, 0.3) is 0 Å². The van der Waals surface area contributed by atoms with Crippen LogP contribution in [0.5, 0.6) is 0 Å². The van der Waals surface area contributed by atoms with E-state index in [-0.39, 0.29) is 37.5 Å². The number of ether oxygens (including phenoxy) is 1. The highest BCUT2D eigenvalue weighted by molar-refractivity contribution is 5.90. The number of carboxylic acid groups (broad SMARTS) is 1. The largest absolute Gasteiger partial charge is 0.481 e. The molecular weight excluding hydrogens is 338 g/mol. The van der Waals surface area contributed by atoms with Crippen LogP contribution in [-0.4, -0.2) is 42.3 Å². The number of nitrogens with zero attached hydrogens (tertiary/aromatic N) is 1. The summed E-state index contributed by atoms with van der Waals surface area (Å²) in [5.41, 5.74) is -2.06. The van der Waals surface area contributed by atoms with Crippen LogP contribution in [0.2, 0.25) is 0 Å². The van der Waals surface area contributed by atoms with E-state index in [4.69, 9.17) is 4.74 Å². The second kappa shape index (κ2) is 5.98. The summed E-state index contributed by atoms with van der Waals surface area (Å²) in [7, 11) is 0. The van der Waals surface area contributed by atoms with Crippen molar-refractivity contribution >= 4 is 23.7 Å². The monoisotopic (exact) mass is 354 g/mol. The fourth-order valence-corrected chi connectivity index (χ4v) is 2.96. The first-order chi connectivity index (χ1) is 11.7. The molecule has 0 unspecified atom stereocenters. The van der Waals surface area contributed by atoms with Crippen LogP contribution in [-0.2, 0) is 19.7 Å². The number of hydrogen-bond acceptors (Lipinski definition) is 4. The van der Waals surface area contributed by atoms with Crippen LogP contribution < -0.4 is 10.2 Å². The Hall–Kier alpha value is -2.71. The summed E-state index contributed by atoms with van der Waals surface area (Å²) in [4.78, 5) is 35.2. The molecule has 25 heavy (non-hydrogen) atoms. The number of anilines is 1. The van der Waals surface area contributed by atoms with Crippen molar-refractivity contribution in [3.8, 4) is 0 Å². The molecule has 3 rings (SSSR count). The van der Waals surface area contributed by atoms with Gasteiger partial charge in [0.05, 0.1) is 24.2 Å². The molecular formula is C16H16F2N2O5. The van der Waals surface area contributed by atoms with Crippen molar-refractivity contribution in [2.24, 2.45) is 0 Å². The Kier molecular flexibility index (Phi) is 4.09. The first kappa shape index (κ1) is 17.1. The maximum Gasteiger partial charge on any atom is 0.414 e. The van der Waals surface area contributed by atoms with Gasteiger partial charge in [0.15, 0.2) is 0 Å². The quantitative estimate of drug-likeness (QED) is 0.836. The molecule has 1 saturated carbocycles. The van der Waals surface area contributed by atoms with Crippen molar-refractivity contribution < 1.29 is 33.0 Å². The van der Waals surface area contributed by atoms with Crippen molar-refractivity contribution in [2.45, 2.75) is 31.3 Å². The minimum atomic E-state index is -1.52. The molecule has 1 aliphatic carbocycles. The Bertz CT molecular complexity index is 740. The van der Waals surface area contributed by atoms with E-state index in [1.54, 1.807) is 0 Å². The smallest absolute Gasteiger partial charge is 0.414 e. The third-order valence-corrected chi connectivity index (χ3v) is 4.43. The van der Waals surface area contributed by atoms with Crippen LogP contribution in [0.3, 0.4) is 0 Å². The fraction of sp³-hybridized carbons (Fsp3) is 0.438. The summed E-state index contributed by atoms with van der Waals surface area (Å²) in [6, 6.07) is 1.87. The maximum atomic E-state index is 14.4. The molecule has 2 fully saturated rings. The Balaban J connectivity index is 1.83. The van der Waals surface area contributed by atoms with Gasteiger partial charge in [-0.3, -0.25) is 14.5 Å². The highest BCUT2D eigenvalue weighted by Crippen LogP contribution is 2.50. The Morgan fingerprint density at radius 3 is 2.44 bits per heavy atom. The van der Waals surface area contributed by atoms with Crippen LogP contribution in [0, 0.1) is 11.6 Å². The first-order valence-electron chi connectivity index (χ1n) is 7.70. The predicted molar refractivity (Wildman–Crippen MR) is 81.2 cm³/mol. The number of nitrogens with one attached hydrogen (secondary N) is 1. The number of carbonyl (C=O) groups is 3. The minimum Gasteiger partial charge on any atom is -0.481 e. The second-order valence-corrected chi connectivity index (χ2v) is 6.23. The molecule has 2 aliphatic rings. The molecule has 0 aromatic heterocycles. The lowest BCUT2D eigenvalue weighted by atomic mass is 9.94. The molecule has 1 aliphatic heterocycles. The van der Waals surface area contributed by atoms with Gasteiger partial charge in [0.2, 0.25) is 5.91 Å². The average Bonchev–Trinajstić information content (AvgIpc) is 3.22. The maximum absolute atomic E-state index is 14.4. The summed E-state index contributed by atoms with van der Waals surface area (Å²) in [5.74, 6) is -3.57. The van der Waals surface area contributed by atoms with Gasteiger partial charge in [-0.05, 0) is 25.0 Å². The highest BCUT2D eigenvalue weighted by atomic mass is 19.1. The molecule has 1 saturated heterocycles. The zero-order chi connectivity index (χ0) is 18.4. The van der Waals surface area contributed by atoms with Crippen LogP contribution >= 0.6 is 0 Å². The van der Waals surface area contributed by atoms with E-state index in [0.717, 1.165) is 17.0 Å². The standard InChI is InChI=1S/C16H16F2N2O5/c1-8(21)19-6-10-7-20(15(24)25-10)9-4-11(17)13(12(18)5-9)16(2-3-16)14(22)23/h4-5,10H,2-3,6-7H2,1H3,(H,19,21)(H,22,23)/t10-/m0/s1. The molecule has 2 N–H and O–H groups in total. The topological polar surface area (TPSA) is 95.9 Å². The van der Waals surface area contributed by atoms with E-state index >= 15 is 0 Å². The van der Waals surface area contributed by atoms with Gasteiger partial charge in [0, 0.05) is 12.5 Å². The number of benzene rings is 1. The van der Waals surface area contributed by atoms with E-state index in [1.165, 1.54) is 6.92 Å². The highest BCUT2D eigenvalue weighted by Gasteiger charge is 2.55. The van der Waals surface area contributed by atoms with Crippen molar-refractivity contribution in [1.29, 1.82) is 0 Å².